The molecule has 2 aromatic heterocycles. The van der Waals surface area contributed by atoms with Gasteiger partial charge in [-0.1, -0.05) is 0 Å². The molecule has 0 aliphatic carbocycles. The van der Waals surface area contributed by atoms with E-state index in [2.05, 4.69) is 14.7 Å². The lowest BCUT2D eigenvalue weighted by molar-refractivity contribution is 0.143. The smallest absolute Gasteiger partial charge is 0.449 e. The average molecular weight is 222 g/mol. The Bertz CT molecular complexity index is 469. The van der Waals surface area contributed by atoms with Crippen LogP contribution in [0.1, 0.15) is 0 Å². The number of hydrogen-bond acceptors (Lipinski definition) is 5. The Balaban J connectivity index is 2.24. The molecule has 0 spiro atoms. The number of nitrogens with zero attached hydrogens (tertiary/aromatic N) is 2. The number of ether oxygens (including phenoxy) is 1. The standard InChI is InChI=1S/C9H6N2O3S/c12-9(13)14-7-5-15-8(11-7)6-1-3-10-4-2-6/h1-5H,(H,12,13). The van der Waals surface area contributed by atoms with Crippen LogP contribution >= 0.6 is 11.3 Å². The van der Waals surface area contributed by atoms with Crippen molar-refractivity contribution < 1.29 is 14.6 Å². The first-order valence-electron chi connectivity index (χ1n) is 4.02. The van der Waals surface area contributed by atoms with E-state index in [4.69, 9.17) is 5.11 Å². The monoisotopic (exact) mass is 222 g/mol. The van der Waals surface area contributed by atoms with Crippen molar-refractivity contribution in [1.82, 2.24) is 9.97 Å². The second-order valence-electron chi connectivity index (χ2n) is 2.59. The fraction of sp³-hybridized carbons (Fsp3) is 0. The first kappa shape index (κ1) is 9.60. The van der Waals surface area contributed by atoms with Crippen molar-refractivity contribution in [2.45, 2.75) is 0 Å². The van der Waals surface area contributed by atoms with E-state index in [1.165, 1.54) is 11.3 Å². The molecule has 1 N–H and O–H groups in total. The zero-order valence-electron chi connectivity index (χ0n) is 7.45. The minimum atomic E-state index is -1.36. The molecule has 0 radical (unpaired) electrons. The third-order valence-corrected chi connectivity index (χ3v) is 2.47. The van der Waals surface area contributed by atoms with Crippen LogP contribution in [-0.4, -0.2) is 21.2 Å². The fourth-order valence-corrected chi connectivity index (χ4v) is 1.75. The molecule has 76 valence electrons. The Morgan fingerprint density at radius 2 is 2.13 bits per heavy atom. The summed E-state index contributed by atoms with van der Waals surface area (Å²) in [6.45, 7) is 0. The average Bonchev–Trinajstić information content (AvgIpc) is 2.67. The van der Waals surface area contributed by atoms with Crippen molar-refractivity contribution in [3.8, 4) is 16.5 Å². The summed E-state index contributed by atoms with van der Waals surface area (Å²) in [5.74, 6) is 0.0966. The van der Waals surface area contributed by atoms with Gasteiger partial charge in [0.2, 0.25) is 5.88 Å². The predicted octanol–water partition coefficient (Wildman–Crippen LogP) is 2.26. The van der Waals surface area contributed by atoms with Gasteiger partial charge < -0.3 is 9.84 Å². The van der Waals surface area contributed by atoms with Gasteiger partial charge in [-0.3, -0.25) is 4.98 Å². The number of rotatable bonds is 2. The van der Waals surface area contributed by atoms with Gasteiger partial charge in [-0.15, -0.1) is 11.3 Å². The van der Waals surface area contributed by atoms with E-state index in [0.717, 1.165) is 5.56 Å². The lowest BCUT2D eigenvalue weighted by Gasteiger charge is -1.93. The van der Waals surface area contributed by atoms with E-state index in [0.29, 0.717) is 5.01 Å². The van der Waals surface area contributed by atoms with Crippen molar-refractivity contribution in [2.24, 2.45) is 0 Å². The minimum Gasteiger partial charge on any atom is -0.449 e. The van der Waals surface area contributed by atoms with Crippen molar-refractivity contribution >= 4 is 17.5 Å². The Hall–Kier alpha value is -1.95. The van der Waals surface area contributed by atoms with Crippen molar-refractivity contribution in [3.63, 3.8) is 0 Å². The van der Waals surface area contributed by atoms with E-state index >= 15 is 0 Å². The number of aromatic nitrogens is 2. The zero-order chi connectivity index (χ0) is 10.7. The lowest BCUT2D eigenvalue weighted by Crippen LogP contribution is -2.02. The maximum atomic E-state index is 10.2. The van der Waals surface area contributed by atoms with Gasteiger partial charge in [-0.05, 0) is 12.1 Å². The van der Waals surface area contributed by atoms with Gasteiger partial charge in [0.25, 0.3) is 0 Å². The highest BCUT2D eigenvalue weighted by atomic mass is 32.1. The normalized spacial score (nSPS) is 9.87. The third-order valence-electron chi connectivity index (χ3n) is 1.60. The molecule has 0 aliphatic heterocycles. The largest absolute Gasteiger partial charge is 0.512 e. The van der Waals surface area contributed by atoms with Crippen LogP contribution in [0.4, 0.5) is 4.79 Å². The van der Waals surface area contributed by atoms with Crippen LogP contribution in [0.5, 0.6) is 5.88 Å². The molecule has 0 fully saturated rings. The quantitative estimate of drug-likeness (QED) is 0.789. The van der Waals surface area contributed by atoms with E-state index in [1.54, 1.807) is 29.9 Å². The molecule has 0 saturated heterocycles. The molecule has 2 aromatic rings. The molecule has 2 rings (SSSR count). The van der Waals surface area contributed by atoms with Gasteiger partial charge >= 0.3 is 6.16 Å². The Labute approximate surface area is 89.0 Å². The van der Waals surface area contributed by atoms with Crippen LogP contribution in [0.2, 0.25) is 0 Å². The summed E-state index contributed by atoms with van der Waals surface area (Å²) < 4.78 is 4.42. The molecule has 0 bridgehead atoms. The Kier molecular flexibility index (Phi) is 2.59. The van der Waals surface area contributed by atoms with Gasteiger partial charge in [0.1, 0.15) is 5.01 Å². The molecular formula is C9H6N2O3S. The maximum absolute atomic E-state index is 10.2. The van der Waals surface area contributed by atoms with E-state index in [-0.39, 0.29) is 5.88 Å². The zero-order valence-corrected chi connectivity index (χ0v) is 8.27. The first-order chi connectivity index (χ1) is 7.25. The Morgan fingerprint density at radius 3 is 2.80 bits per heavy atom. The van der Waals surface area contributed by atoms with Crippen LogP contribution in [0, 0.1) is 0 Å². The van der Waals surface area contributed by atoms with Crippen LogP contribution in [0.15, 0.2) is 29.9 Å². The second kappa shape index (κ2) is 4.05. The van der Waals surface area contributed by atoms with Gasteiger partial charge in [-0.2, -0.15) is 0 Å². The number of carbonyl (C=O) groups is 1. The molecule has 15 heavy (non-hydrogen) atoms. The summed E-state index contributed by atoms with van der Waals surface area (Å²) in [6, 6.07) is 3.59. The van der Waals surface area contributed by atoms with E-state index < -0.39 is 6.16 Å². The first-order valence-corrected chi connectivity index (χ1v) is 4.90. The SMILES string of the molecule is O=C(O)Oc1csc(-c2ccncc2)n1. The van der Waals surface area contributed by atoms with Gasteiger partial charge in [0.05, 0.1) is 5.38 Å². The summed E-state index contributed by atoms with van der Waals surface area (Å²) in [7, 11) is 0. The van der Waals surface area contributed by atoms with Crippen LogP contribution in [0.3, 0.4) is 0 Å². The highest BCUT2D eigenvalue weighted by molar-refractivity contribution is 7.13. The minimum absolute atomic E-state index is 0.0966. The predicted molar refractivity (Wildman–Crippen MR) is 54.0 cm³/mol. The third kappa shape index (κ3) is 2.29. The van der Waals surface area contributed by atoms with Crippen LogP contribution in [-0.2, 0) is 0 Å². The summed E-state index contributed by atoms with van der Waals surface area (Å²) in [5, 5.41) is 10.6. The number of hydrogen-bond donors (Lipinski definition) is 1. The summed E-state index contributed by atoms with van der Waals surface area (Å²) in [5.41, 5.74) is 0.884. The number of carboxylic acid groups (broad SMARTS) is 1. The molecule has 0 atom stereocenters. The lowest BCUT2D eigenvalue weighted by atomic mass is 10.3. The van der Waals surface area contributed by atoms with Crippen molar-refractivity contribution in [2.75, 3.05) is 0 Å². The highest BCUT2D eigenvalue weighted by Gasteiger charge is 2.07. The van der Waals surface area contributed by atoms with Crippen LogP contribution in [0.25, 0.3) is 10.6 Å². The molecule has 0 aromatic carbocycles. The molecule has 6 heteroatoms. The van der Waals surface area contributed by atoms with Gasteiger partial charge in [0, 0.05) is 18.0 Å². The summed E-state index contributed by atoms with van der Waals surface area (Å²) in [6.07, 6.45) is 1.93. The van der Waals surface area contributed by atoms with E-state index in [9.17, 15) is 4.79 Å². The molecule has 0 aliphatic rings. The molecule has 0 unspecified atom stereocenters. The maximum Gasteiger partial charge on any atom is 0.512 e. The van der Waals surface area contributed by atoms with Gasteiger partial charge in [-0.25, -0.2) is 9.78 Å². The Morgan fingerprint density at radius 1 is 1.40 bits per heavy atom. The summed E-state index contributed by atoms with van der Waals surface area (Å²) in [4.78, 5) is 18.1. The second-order valence-corrected chi connectivity index (χ2v) is 3.45. The number of thiazole rings is 1. The van der Waals surface area contributed by atoms with Crippen molar-refractivity contribution in [3.05, 3.63) is 29.9 Å². The van der Waals surface area contributed by atoms with Gasteiger partial charge in [0.15, 0.2) is 0 Å². The molecule has 5 nitrogen and oxygen atoms in total. The highest BCUT2D eigenvalue weighted by Crippen LogP contribution is 2.26. The molecule has 0 saturated carbocycles. The molecular weight excluding hydrogens is 216 g/mol. The van der Waals surface area contributed by atoms with E-state index in [1.807, 2.05) is 0 Å². The molecule has 0 amide bonds. The summed E-state index contributed by atoms with van der Waals surface area (Å²) >= 11 is 1.32. The fourth-order valence-electron chi connectivity index (χ4n) is 1.02. The van der Waals surface area contributed by atoms with Crippen molar-refractivity contribution in [1.29, 1.82) is 0 Å². The van der Waals surface area contributed by atoms with Crippen LogP contribution < -0.4 is 4.74 Å². The topological polar surface area (TPSA) is 72.3 Å². The molecule has 2 heterocycles. The number of pyridine rings is 1.